The van der Waals surface area contributed by atoms with Gasteiger partial charge in [-0.05, 0) is 29.0 Å². The van der Waals surface area contributed by atoms with Crippen molar-refractivity contribution in [3.8, 4) is 0 Å². The van der Waals surface area contributed by atoms with Crippen LogP contribution in [0.25, 0.3) is 21.9 Å². The van der Waals surface area contributed by atoms with E-state index in [1.807, 2.05) is 24.3 Å². The molecule has 4 rings (SSSR count). The van der Waals surface area contributed by atoms with Gasteiger partial charge in [0.2, 0.25) is 0 Å². The third-order valence-corrected chi connectivity index (χ3v) is 3.78. The van der Waals surface area contributed by atoms with Crippen LogP contribution in [0, 0.1) is 0 Å². The minimum Gasteiger partial charge on any atom is -0.478 e. The second-order valence-corrected chi connectivity index (χ2v) is 5.35. The molecule has 0 bridgehead atoms. The highest BCUT2D eigenvalue weighted by Crippen LogP contribution is 2.19. The van der Waals surface area contributed by atoms with E-state index in [9.17, 15) is 9.59 Å². The molecule has 2 aromatic carbocycles. The lowest BCUT2D eigenvalue weighted by molar-refractivity contribution is 0.0697. The number of rotatable bonds is 3. The van der Waals surface area contributed by atoms with Gasteiger partial charge in [0.15, 0.2) is 0 Å². The zero-order chi connectivity index (χ0) is 17.4. The summed E-state index contributed by atoms with van der Waals surface area (Å²) < 4.78 is 0. The van der Waals surface area contributed by atoms with Crippen molar-refractivity contribution in [2.45, 2.75) is 0 Å². The zero-order valence-corrected chi connectivity index (χ0v) is 12.7. The number of H-pyrrole nitrogens is 1. The second kappa shape index (κ2) is 5.68. The number of aromatic amines is 1. The first-order valence-electron chi connectivity index (χ1n) is 7.37. The first kappa shape index (κ1) is 14.8. The van der Waals surface area contributed by atoms with Gasteiger partial charge >= 0.3 is 11.5 Å². The van der Waals surface area contributed by atoms with Gasteiger partial charge in [0.05, 0.1) is 11.8 Å². The maximum absolute atomic E-state index is 12.5. The van der Waals surface area contributed by atoms with Crippen molar-refractivity contribution in [2.24, 2.45) is 5.10 Å². The normalized spacial score (nSPS) is 11.5. The van der Waals surface area contributed by atoms with Crippen LogP contribution < -0.4 is 5.56 Å². The van der Waals surface area contributed by atoms with Gasteiger partial charge in [0.25, 0.3) is 0 Å². The molecule has 0 saturated carbocycles. The number of carboxylic acid groups (broad SMARTS) is 1. The van der Waals surface area contributed by atoms with Crippen molar-refractivity contribution in [3.63, 3.8) is 0 Å². The number of carbonyl (C=O) groups is 1. The van der Waals surface area contributed by atoms with Crippen molar-refractivity contribution >= 4 is 34.1 Å². The van der Waals surface area contributed by atoms with Crippen LogP contribution in [0.15, 0.2) is 58.4 Å². The fraction of sp³-hybridized carbons (Fsp3) is 0. The minimum absolute atomic E-state index is 0.175. The van der Waals surface area contributed by atoms with E-state index in [4.69, 9.17) is 5.11 Å². The lowest BCUT2D eigenvalue weighted by atomic mass is 10.1. The molecule has 0 aliphatic rings. The van der Waals surface area contributed by atoms with Crippen molar-refractivity contribution in [3.05, 3.63) is 70.0 Å². The monoisotopic (exact) mass is 333 g/mol. The van der Waals surface area contributed by atoms with Gasteiger partial charge in [-0.2, -0.15) is 5.10 Å². The molecule has 8 heteroatoms. The van der Waals surface area contributed by atoms with E-state index in [2.05, 4.69) is 20.4 Å². The Morgan fingerprint density at radius 2 is 1.92 bits per heavy atom. The molecular weight excluding hydrogens is 322 g/mol. The number of carboxylic acids is 1. The van der Waals surface area contributed by atoms with Crippen LogP contribution in [0.2, 0.25) is 0 Å². The Bertz CT molecular complexity index is 1190. The number of hydrogen-bond donors (Lipinski definition) is 2. The largest absolute Gasteiger partial charge is 0.478 e. The molecule has 0 aliphatic heterocycles. The summed E-state index contributed by atoms with van der Waals surface area (Å²) in [4.78, 5) is 27.3. The second-order valence-electron chi connectivity index (χ2n) is 5.35. The molecule has 25 heavy (non-hydrogen) atoms. The smallest absolute Gasteiger partial charge is 0.335 e. The number of benzene rings is 2. The van der Waals surface area contributed by atoms with E-state index < -0.39 is 11.5 Å². The Hall–Kier alpha value is -3.81. The Morgan fingerprint density at radius 3 is 2.68 bits per heavy atom. The maximum Gasteiger partial charge on any atom is 0.335 e. The van der Waals surface area contributed by atoms with Crippen LogP contribution in [0.1, 0.15) is 15.9 Å². The molecule has 4 aromatic rings. The Balaban J connectivity index is 1.74. The van der Waals surface area contributed by atoms with Crippen LogP contribution in [0.5, 0.6) is 0 Å². The highest BCUT2D eigenvalue weighted by molar-refractivity contribution is 6.04. The summed E-state index contributed by atoms with van der Waals surface area (Å²) in [7, 11) is 0. The Morgan fingerprint density at radius 1 is 1.16 bits per heavy atom. The third-order valence-electron chi connectivity index (χ3n) is 3.78. The first-order valence-corrected chi connectivity index (χ1v) is 7.37. The fourth-order valence-corrected chi connectivity index (χ4v) is 2.52. The maximum atomic E-state index is 12.5. The molecule has 0 amide bonds. The lowest BCUT2D eigenvalue weighted by Crippen LogP contribution is -2.20. The molecule has 0 atom stereocenters. The summed E-state index contributed by atoms with van der Waals surface area (Å²) in [5.41, 5.74) is 2.02. The minimum atomic E-state index is -1.00. The zero-order valence-electron chi connectivity index (χ0n) is 12.7. The fourth-order valence-electron chi connectivity index (χ4n) is 2.52. The number of nitrogens with zero attached hydrogens (tertiary/aromatic N) is 4. The molecule has 0 fully saturated rings. The lowest BCUT2D eigenvalue weighted by Gasteiger charge is -1.97. The molecule has 2 heterocycles. The topological polar surface area (TPSA) is 113 Å². The number of aromatic carboxylic acids is 1. The van der Waals surface area contributed by atoms with Gasteiger partial charge in [-0.15, -0.1) is 5.10 Å². The predicted molar refractivity (Wildman–Crippen MR) is 92.0 cm³/mol. The molecule has 2 aromatic heterocycles. The van der Waals surface area contributed by atoms with E-state index >= 15 is 0 Å². The molecule has 0 aliphatic carbocycles. The average Bonchev–Trinajstić information content (AvgIpc) is 3.01. The van der Waals surface area contributed by atoms with E-state index in [1.165, 1.54) is 18.3 Å². The molecule has 0 spiro atoms. The van der Waals surface area contributed by atoms with Crippen molar-refractivity contribution in [1.29, 1.82) is 0 Å². The number of nitrogens with one attached hydrogen (secondary N) is 1. The highest BCUT2D eigenvalue weighted by atomic mass is 16.4. The summed E-state index contributed by atoms with van der Waals surface area (Å²) >= 11 is 0. The Labute approximate surface area is 140 Å². The molecular formula is C17H11N5O3. The van der Waals surface area contributed by atoms with Gasteiger partial charge in [-0.1, -0.05) is 35.1 Å². The molecule has 2 N–H and O–H groups in total. The van der Waals surface area contributed by atoms with Crippen molar-refractivity contribution in [1.82, 2.24) is 20.1 Å². The summed E-state index contributed by atoms with van der Waals surface area (Å²) in [6.45, 7) is 0. The number of hydrogen-bond acceptors (Lipinski definition) is 5. The van der Waals surface area contributed by atoms with Crippen LogP contribution in [-0.4, -0.2) is 37.4 Å². The number of aromatic nitrogens is 4. The van der Waals surface area contributed by atoms with Crippen LogP contribution in [-0.2, 0) is 0 Å². The molecule has 122 valence electrons. The van der Waals surface area contributed by atoms with E-state index in [-0.39, 0.29) is 5.56 Å². The number of fused-ring (bicyclic) bond motifs is 3. The summed E-state index contributed by atoms with van der Waals surface area (Å²) in [5, 5.41) is 21.6. The molecule has 8 nitrogen and oxygen atoms in total. The van der Waals surface area contributed by atoms with Crippen LogP contribution >= 0.6 is 0 Å². The van der Waals surface area contributed by atoms with Gasteiger partial charge in [-0.3, -0.25) is 4.79 Å². The standard InChI is InChI=1S/C17H11N5O3/c23-16-15-14(12-3-1-2-4-13(12)19-15)20-21-22(16)18-9-10-5-7-11(8-6-10)17(24)25/h1-9,19H,(H,24,25). The molecule has 0 radical (unpaired) electrons. The third kappa shape index (κ3) is 2.55. The molecule has 0 saturated heterocycles. The Kier molecular flexibility index (Phi) is 3.35. The highest BCUT2D eigenvalue weighted by Gasteiger charge is 2.11. The van der Waals surface area contributed by atoms with Crippen molar-refractivity contribution in [2.75, 3.05) is 0 Å². The van der Waals surface area contributed by atoms with Crippen molar-refractivity contribution < 1.29 is 9.90 Å². The summed E-state index contributed by atoms with van der Waals surface area (Å²) in [5.74, 6) is -1.00. The number of para-hydroxylation sites is 1. The first-order chi connectivity index (χ1) is 12.1. The van der Waals surface area contributed by atoms with Crippen LogP contribution in [0.4, 0.5) is 0 Å². The van der Waals surface area contributed by atoms with Gasteiger partial charge in [0.1, 0.15) is 11.0 Å². The SMILES string of the molecule is O=C(O)c1ccc(C=Nn2nnc3c([nH]c4ccccc43)c2=O)cc1. The van der Waals surface area contributed by atoms with Gasteiger partial charge in [0, 0.05) is 10.9 Å². The summed E-state index contributed by atoms with van der Waals surface area (Å²) in [6, 6.07) is 13.5. The summed E-state index contributed by atoms with van der Waals surface area (Å²) in [6.07, 6.45) is 1.41. The van der Waals surface area contributed by atoms with E-state index in [0.29, 0.717) is 16.6 Å². The molecule has 0 unspecified atom stereocenters. The van der Waals surface area contributed by atoms with Gasteiger partial charge < -0.3 is 10.1 Å². The predicted octanol–water partition coefficient (Wildman–Crippen LogP) is 1.85. The van der Waals surface area contributed by atoms with Gasteiger partial charge in [-0.25, -0.2) is 4.79 Å². The van der Waals surface area contributed by atoms with E-state index in [0.717, 1.165) is 15.7 Å². The van der Waals surface area contributed by atoms with Crippen LogP contribution in [0.3, 0.4) is 0 Å². The average molecular weight is 333 g/mol. The van der Waals surface area contributed by atoms with E-state index in [1.54, 1.807) is 12.1 Å². The quantitative estimate of drug-likeness (QED) is 0.556.